The van der Waals surface area contributed by atoms with Crippen molar-refractivity contribution in [2.75, 3.05) is 0 Å². The van der Waals surface area contributed by atoms with Gasteiger partial charge in [-0.3, -0.25) is 0 Å². The van der Waals surface area contributed by atoms with Gasteiger partial charge in [-0.1, -0.05) is 69.3 Å². The standard InChI is InChI=1S/C31H30F3N2OP/c1-5-36-28-18-12-9-15-24(28)25-21-23(19-20-29(25)36)38(30(2,3)4,37-22-13-7-6-8-14-22)35-27-17-11-10-16-26(27)31(32,33)34/h6-21H,5H2,1-4H3/t38-/m1/s1. The van der Waals surface area contributed by atoms with Crippen molar-refractivity contribution in [2.24, 2.45) is 4.74 Å². The first-order chi connectivity index (χ1) is 18.0. The molecule has 3 nitrogen and oxygen atoms in total. The molecule has 0 aliphatic carbocycles. The van der Waals surface area contributed by atoms with Gasteiger partial charge in [-0.2, -0.15) is 13.2 Å². The highest BCUT2D eigenvalue weighted by atomic mass is 31.2. The van der Waals surface area contributed by atoms with Crippen LogP contribution in [0.25, 0.3) is 21.8 Å². The number of hydrogen-bond acceptors (Lipinski definition) is 2. The Labute approximate surface area is 221 Å². The average molecular weight is 535 g/mol. The van der Waals surface area contributed by atoms with E-state index in [4.69, 9.17) is 9.27 Å². The second-order valence-corrected chi connectivity index (χ2v) is 13.6. The van der Waals surface area contributed by atoms with Gasteiger partial charge in [0.05, 0.1) is 11.3 Å². The van der Waals surface area contributed by atoms with Crippen LogP contribution in [-0.2, 0) is 12.7 Å². The Kier molecular flexibility index (Phi) is 6.65. The minimum absolute atomic E-state index is 0.115. The highest BCUT2D eigenvalue weighted by Crippen LogP contribution is 2.63. The molecule has 196 valence electrons. The summed E-state index contributed by atoms with van der Waals surface area (Å²) < 4.78 is 56.3. The van der Waals surface area contributed by atoms with Crippen molar-refractivity contribution in [1.29, 1.82) is 0 Å². The predicted octanol–water partition coefficient (Wildman–Crippen LogP) is 9.78. The Balaban J connectivity index is 1.89. The number of para-hydroxylation sites is 2. The molecule has 1 aromatic heterocycles. The van der Waals surface area contributed by atoms with Gasteiger partial charge in [0.25, 0.3) is 0 Å². The van der Waals surface area contributed by atoms with Crippen LogP contribution >= 0.6 is 7.28 Å². The number of benzene rings is 4. The van der Waals surface area contributed by atoms with Crippen molar-refractivity contribution in [3.63, 3.8) is 0 Å². The zero-order valence-corrected chi connectivity index (χ0v) is 22.7. The molecule has 0 radical (unpaired) electrons. The highest BCUT2D eigenvalue weighted by Gasteiger charge is 2.41. The Morgan fingerprint density at radius 1 is 0.763 bits per heavy atom. The van der Waals surface area contributed by atoms with Crippen molar-refractivity contribution in [2.45, 2.75) is 45.6 Å². The van der Waals surface area contributed by atoms with E-state index in [1.165, 1.54) is 12.1 Å². The van der Waals surface area contributed by atoms with Crippen LogP contribution < -0.4 is 9.83 Å². The largest absolute Gasteiger partial charge is 0.455 e. The predicted molar refractivity (Wildman–Crippen MR) is 152 cm³/mol. The van der Waals surface area contributed by atoms with E-state index < -0.39 is 24.2 Å². The van der Waals surface area contributed by atoms with E-state index in [1.54, 1.807) is 6.07 Å². The molecule has 5 aromatic rings. The van der Waals surface area contributed by atoms with Crippen molar-refractivity contribution >= 4 is 40.1 Å². The summed E-state index contributed by atoms with van der Waals surface area (Å²) in [6.07, 6.45) is -4.54. The van der Waals surface area contributed by atoms with Gasteiger partial charge in [0, 0.05) is 38.8 Å². The molecule has 5 rings (SSSR count). The molecule has 1 heterocycles. The maximum Gasteiger partial charge on any atom is 0.418 e. The number of aromatic nitrogens is 1. The van der Waals surface area contributed by atoms with Crippen LogP contribution in [0.1, 0.15) is 33.3 Å². The Hall–Kier alpha value is -3.50. The van der Waals surface area contributed by atoms with E-state index in [9.17, 15) is 13.2 Å². The van der Waals surface area contributed by atoms with E-state index >= 15 is 0 Å². The quantitative estimate of drug-likeness (QED) is 0.206. The van der Waals surface area contributed by atoms with Crippen molar-refractivity contribution in [3.8, 4) is 5.75 Å². The minimum atomic E-state index is -4.54. The summed E-state index contributed by atoms with van der Waals surface area (Å²) in [6.45, 7) is 8.87. The molecular formula is C31H30F3N2OP. The molecule has 0 fully saturated rings. The van der Waals surface area contributed by atoms with Crippen LogP contribution in [0.3, 0.4) is 0 Å². The van der Waals surface area contributed by atoms with E-state index in [2.05, 4.69) is 29.7 Å². The number of alkyl halides is 3. The van der Waals surface area contributed by atoms with Gasteiger partial charge in [-0.25, -0.2) is 4.74 Å². The van der Waals surface area contributed by atoms with Gasteiger partial charge in [-0.05, 0) is 55.5 Å². The van der Waals surface area contributed by atoms with Crippen LogP contribution in [0.15, 0.2) is 102 Å². The molecule has 7 heteroatoms. The molecule has 0 spiro atoms. The summed E-state index contributed by atoms with van der Waals surface area (Å²) in [5, 5.41) is 2.29. The minimum Gasteiger partial charge on any atom is -0.455 e. The van der Waals surface area contributed by atoms with Crippen LogP contribution in [0, 0.1) is 0 Å². The molecule has 0 aliphatic rings. The van der Waals surface area contributed by atoms with E-state index in [1.807, 2.05) is 75.4 Å². The second-order valence-electron chi connectivity index (χ2n) is 10.2. The summed E-state index contributed by atoms with van der Waals surface area (Å²) in [5.41, 5.74) is 1.30. The second kappa shape index (κ2) is 9.67. The molecule has 1 atom stereocenters. The molecule has 4 aromatic carbocycles. The summed E-state index contributed by atoms with van der Waals surface area (Å²) in [4.78, 5) is 0. The van der Waals surface area contributed by atoms with Gasteiger partial charge in [0.15, 0.2) is 7.28 Å². The summed E-state index contributed by atoms with van der Waals surface area (Å²) in [6, 6.07) is 29.0. The van der Waals surface area contributed by atoms with Crippen molar-refractivity contribution in [3.05, 3.63) is 103 Å². The Morgan fingerprint density at radius 2 is 1.39 bits per heavy atom. The normalized spacial score (nSPS) is 14.0. The number of nitrogens with zero attached hydrogens (tertiary/aromatic N) is 2. The van der Waals surface area contributed by atoms with Gasteiger partial charge in [0.2, 0.25) is 0 Å². The third kappa shape index (κ3) is 4.52. The average Bonchev–Trinajstić information content (AvgIpc) is 3.21. The number of rotatable bonds is 5. The molecule has 0 aliphatic heterocycles. The fourth-order valence-electron chi connectivity index (χ4n) is 4.96. The van der Waals surface area contributed by atoms with E-state index in [0.717, 1.165) is 39.7 Å². The molecule has 0 N–H and O–H groups in total. The smallest absolute Gasteiger partial charge is 0.418 e. The lowest BCUT2D eigenvalue weighted by Crippen LogP contribution is -2.27. The lowest BCUT2D eigenvalue weighted by molar-refractivity contribution is -0.137. The highest BCUT2D eigenvalue weighted by molar-refractivity contribution is 7.71. The van der Waals surface area contributed by atoms with Gasteiger partial charge in [0.1, 0.15) is 5.75 Å². The lowest BCUT2D eigenvalue weighted by Gasteiger charge is -2.37. The van der Waals surface area contributed by atoms with Crippen LogP contribution in [0.2, 0.25) is 0 Å². The summed E-state index contributed by atoms with van der Waals surface area (Å²) >= 11 is 0. The molecule has 38 heavy (non-hydrogen) atoms. The van der Waals surface area contributed by atoms with Gasteiger partial charge in [-0.15, -0.1) is 0 Å². The van der Waals surface area contributed by atoms with E-state index in [-0.39, 0.29) is 5.69 Å². The Morgan fingerprint density at radius 3 is 2.08 bits per heavy atom. The molecule has 0 saturated carbocycles. The molecular weight excluding hydrogens is 504 g/mol. The van der Waals surface area contributed by atoms with Crippen molar-refractivity contribution in [1.82, 2.24) is 4.57 Å². The number of halogens is 3. The molecule has 0 unspecified atom stereocenters. The molecule has 0 bridgehead atoms. The first-order valence-corrected chi connectivity index (χ1v) is 14.3. The van der Waals surface area contributed by atoms with Gasteiger partial charge >= 0.3 is 6.18 Å². The fourth-order valence-corrected chi connectivity index (χ4v) is 8.06. The summed E-state index contributed by atoms with van der Waals surface area (Å²) in [7, 11) is -3.14. The van der Waals surface area contributed by atoms with Crippen molar-refractivity contribution < 1.29 is 17.7 Å². The SMILES string of the molecule is CCn1c2ccccc2c2cc([P@@](=Nc3ccccc3C(F)(F)F)(Oc3ccccc3)C(C)(C)C)ccc21. The number of hydrogen-bond donors (Lipinski definition) is 0. The maximum atomic E-state index is 14.1. The lowest BCUT2D eigenvalue weighted by atomic mass is 10.1. The first-order valence-electron chi connectivity index (χ1n) is 12.6. The topological polar surface area (TPSA) is 26.5 Å². The monoisotopic (exact) mass is 534 g/mol. The molecule has 0 amide bonds. The van der Waals surface area contributed by atoms with Crippen LogP contribution in [0.5, 0.6) is 5.75 Å². The maximum absolute atomic E-state index is 14.1. The number of fused-ring (bicyclic) bond motifs is 3. The Bertz CT molecular complexity index is 1660. The van der Waals surface area contributed by atoms with E-state index in [0.29, 0.717) is 5.75 Å². The fraction of sp³-hybridized carbons (Fsp3) is 0.226. The van der Waals surface area contributed by atoms with Gasteiger partial charge < -0.3 is 9.09 Å². The third-order valence-corrected chi connectivity index (χ3v) is 10.5. The van der Waals surface area contributed by atoms with Crippen LogP contribution in [0.4, 0.5) is 18.9 Å². The zero-order chi connectivity index (χ0) is 27.1. The number of aryl methyl sites for hydroxylation is 1. The van der Waals surface area contributed by atoms with Crippen LogP contribution in [-0.4, -0.2) is 9.72 Å². The molecule has 0 saturated heterocycles. The summed E-state index contributed by atoms with van der Waals surface area (Å²) in [5.74, 6) is 0.570. The zero-order valence-electron chi connectivity index (χ0n) is 21.8. The third-order valence-electron chi connectivity index (χ3n) is 6.77. The first kappa shape index (κ1) is 26.1.